The molecule has 7 nitrogen and oxygen atoms in total. The molecule has 156 valence electrons. The Balaban J connectivity index is 1.82. The van der Waals surface area contributed by atoms with Crippen molar-refractivity contribution in [3.8, 4) is 17.6 Å². The molecule has 0 aliphatic rings. The quantitative estimate of drug-likeness (QED) is 0.271. The van der Waals surface area contributed by atoms with Crippen molar-refractivity contribution in [2.24, 2.45) is 0 Å². The molecular weight excluding hydrogens is 396 g/mol. The van der Waals surface area contributed by atoms with E-state index in [2.05, 4.69) is 5.32 Å². The lowest BCUT2D eigenvalue weighted by Gasteiger charge is -2.11. The van der Waals surface area contributed by atoms with Gasteiger partial charge in [0.15, 0.2) is 11.5 Å². The Bertz CT molecular complexity index is 1190. The molecule has 0 aliphatic heterocycles. The first-order valence-corrected chi connectivity index (χ1v) is 9.36. The number of hydrogen-bond donors (Lipinski definition) is 1. The van der Waals surface area contributed by atoms with Crippen molar-refractivity contribution in [3.63, 3.8) is 0 Å². The van der Waals surface area contributed by atoms with Crippen LogP contribution in [-0.4, -0.2) is 19.0 Å². The summed E-state index contributed by atoms with van der Waals surface area (Å²) in [6.07, 6.45) is 2.80. The van der Waals surface area contributed by atoms with Gasteiger partial charge < -0.3 is 19.2 Å². The number of esters is 1. The molecule has 1 aromatic heterocycles. The van der Waals surface area contributed by atoms with Gasteiger partial charge >= 0.3 is 5.97 Å². The van der Waals surface area contributed by atoms with Gasteiger partial charge in [0, 0.05) is 5.69 Å². The van der Waals surface area contributed by atoms with Crippen LogP contribution in [0.5, 0.6) is 11.5 Å². The van der Waals surface area contributed by atoms with Crippen LogP contribution in [0.1, 0.15) is 27.2 Å². The van der Waals surface area contributed by atoms with Gasteiger partial charge in [0.05, 0.1) is 13.4 Å². The number of rotatable bonds is 6. The van der Waals surface area contributed by atoms with Gasteiger partial charge in [-0.1, -0.05) is 18.2 Å². The average Bonchev–Trinajstić information content (AvgIpc) is 3.31. The van der Waals surface area contributed by atoms with E-state index in [0.29, 0.717) is 11.3 Å². The van der Waals surface area contributed by atoms with Crippen molar-refractivity contribution in [2.75, 3.05) is 12.4 Å². The largest absolute Gasteiger partial charge is 0.493 e. The normalized spacial score (nSPS) is 10.8. The third-order valence-corrected chi connectivity index (χ3v) is 4.64. The van der Waals surface area contributed by atoms with Crippen LogP contribution in [0.15, 0.2) is 64.8 Å². The number of carbonyl (C=O) groups is 2. The molecule has 0 radical (unpaired) electrons. The van der Waals surface area contributed by atoms with Crippen LogP contribution in [0, 0.1) is 25.2 Å². The summed E-state index contributed by atoms with van der Waals surface area (Å²) < 4.78 is 15.6. The summed E-state index contributed by atoms with van der Waals surface area (Å²) in [5.41, 5.74) is 3.05. The maximum absolute atomic E-state index is 12.6. The SMILES string of the molecule is COc1cc(/C=C(\C#N)C(=O)Nc2cccc(C)c2C)ccc1OC(=O)c1ccco1. The molecule has 0 bridgehead atoms. The van der Waals surface area contributed by atoms with Crippen LogP contribution in [0.3, 0.4) is 0 Å². The van der Waals surface area contributed by atoms with Crippen LogP contribution in [0.25, 0.3) is 6.08 Å². The smallest absolute Gasteiger partial charge is 0.379 e. The molecular formula is C24H20N2O5. The van der Waals surface area contributed by atoms with Crippen molar-refractivity contribution in [1.29, 1.82) is 5.26 Å². The van der Waals surface area contributed by atoms with Gasteiger partial charge in [-0.15, -0.1) is 0 Å². The zero-order valence-corrected chi connectivity index (χ0v) is 17.3. The maximum atomic E-state index is 12.6. The topological polar surface area (TPSA) is 102 Å². The summed E-state index contributed by atoms with van der Waals surface area (Å²) in [6.45, 7) is 3.84. The van der Waals surface area contributed by atoms with Crippen LogP contribution in [0.2, 0.25) is 0 Å². The number of nitrogens with zero attached hydrogens (tertiary/aromatic N) is 1. The number of amides is 1. The zero-order chi connectivity index (χ0) is 22.4. The summed E-state index contributed by atoms with van der Waals surface area (Å²) in [5, 5.41) is 12.2. The molecule has 0 fully saturated rings. The number of anilines is 1. The van der Waals surface area contributed by atoms with E-state index in [9.17, 15) is 14.9 Å². The number of methoxy groups -OCH3 is 1. The standard InChI is InChI=1S/C24H20N2O5/c1-15-6-4-7-19(16(15)2)26-23(27)18(14-25)12-17-9-10-20(22(13-17)29-3)31-24(28)21-8-5-11-30-21/h4-13H,1-3H3,(H,26,27)/b18-12+. The van der Waals surface area contributed by atoms with Crippen LogP contribution in [0.4, 0.5) is 5.69 Å². The van der Waals surface area contributed by atoms with Crippen molar-refractivity contribution in [1.82, 2.24) is 0 Å². The third kappa shape index (κ3) is 5.00. The fourth-order valence-electron chi connectivity index (χ4n) is 2.79. The van der Waals surface area contributed by atoms with E-state index >= 15 is 0 Å². The molecule has 7 heteroatoms. The molecule has 2 aromatic carbocycles. The van der Waals surface area contributed by atoms with Crippen molar-refractivity contribution in [2.45, 2.75) is 13.8 Å². The fraction of sp³-hybridized carbons (Fsp3) is 0.125. The van der Waals surface area contributed by atoms with Crippen molar-refractivity contribution < 1.29 is 23.5 Å². The Labute approximate surface area is 179 Å². The van der Waals surface area contributed by atoms with Crippen LogP contribution < -0.4 is 14.8 Å². The van der Waals surface area contributed by atoms with Gasteiger partial charge in [0.2, 0.25) is 5.76 Å². The number of nitriles is 1. The molecule has 1 heterocycles. The molecule has 3 rings (SSSR count). The van der Waals surface area contributed by atoms with E-state index in [4.69, 9.17) is 13.9 Å². The highest BCUT2D eigenvalue weighted by Crippen LogP contribution is 2.30. The molecule has 31 heavy (non-hydrogen) atoms. The van der Waals surface area contributed by atoms with E-state index in [1.54, 1.807) is 24.3 Å². The molecule has 0 spiro atoms. The number of carbonyl (C=O) groups excluding carboxylic acids is 2. The second-order valence-electron chi connectivity index (χ2n) is 6.65. The molecule has 0 unspecified atom stereocenters. The molecule has 0 aliphatic carbocycles. The Morgan fingerprint density at radius 1 is 1.10 bits per heavy atom. The molecule has 0 atom stereocenters. The van der Waals surface area contributed by atoms with Gasteiger partial charge in [-0.3, -0.25) is 4.79 Å². The lowest BCUT2D eigenvalue weighted by molar-refractivity contribution is -0.112. The van der Waals surface area contributed by atoms with E-state index in [-0.39, 0.29) is 22.8 Å². The zero-order valence-electron chi connectivity index (χ0n) is 17.3. The summed E-state index contributed by atoms with van der Waals surface area (Å²) >= 11 is 0. The Kier molecular flexibility index (Phi) is 6.53. The van der Waals surface area contributed by atoms with Gasteiger partial charge in [-0.05, 0) is 66.9 Å². The van der Waals surface area contributed by atoms with E-state index in [0.717, 1.165) is 11.1 Å². The summed E-state index contributed by atoms with van der Waals surface area (Å²) in [6, 6.07) is 15.2. The first-order chi connectivity index (χ1) is 14.9. The van der Waals surface area contributed by atoms with E-state index in [1.807, 2.05) is 32.0 Å². The molecule has 1 N–H and O–H groups in total. The maximum Gasteiger partial charge on any atom is 0.379 e. The lowest BCUT2D eigenvalue weighted by Crippen LogP contribution is -2.14. The van der Waals surface area contributed by atoms with Crippen molar-refractivity contribution >= 4 is 23.6 Å². The van der Waals surface area contributed by atoms with Gasteiger partial charge in [-0.25, -0.2) is 4.79 Å². The highest BCUT2D eigenvalue weighted by Gasteiger charge is 2.16. The highest BCUT2D eigenvalue weighted by molar-refractivity contribution is 6.10. The molecule has 0 saturated heterocycles. The minimum atomic E-state index is -0.669. The Hall–Kier alpha value is -4.31. The number of aryl methyl sites for hydroxylation is 1. The van der Waals surface area contributed by atoms with Crippen LogP contribution in [-0.2, 0) is 4.79 Å². The minimum Gasteiger partial charge on any atom is -0.493 e. The summed E-state index contributed by atoms with van der Waals surface area (Å²) in [7, 11) is 1.42. The predicted molar refractivity (Wildman–Crippen MR) is 115 cm³/mol. The highest BCUT2D eigenvalue weighted by atomic mass is 16.6. The number of hydrogen-bond acceptors (Lipinski definition) is 6. The number of nitrogens with one attached hydrogen (secondary N) is 1. The Morgan fingerprint density at radius 3 is 2.58 bits per heavy atom. The monoisotopic (exact) mass is 416 g/mol. The first kappa shape index (κ1) is 21.4. The number of furan rings is 1. The predicted octanol–water partition coefficient (Wildman–Crippen LogP) is 4.67. The molecule has 1 amide bonds. The van der Waals surface area contributed by atoms with Crippen LogP contribution >= 0.6 is 0 Å². The van der Waals surface area contributed by atoms with Gasteiger partial charge in [0.1, 0.15) is 11.6 Å². The van der Waals surface area contributed by atoms with Gasteiger partial charge in [0.25, 0.3) is 5.91 Å². The summed E-state index contributed by atoms with van der Waals surface area (Å²) in [5.74, 6) is -0.693. The second-order valence-corrected chi connectivity index (χ2v) is 6.65. The fourth-order valence-corrected chi connectivity index (χ4v) is 2.79. The van der Waals surface area contributed by atoms with Crippen molar-refractivity contribution in [3.05, 3.63) is 82.8 Å². The lowest BCUT2D eigenvalue weighted by atomic mass is 10.1. The summed E-state index contributed by atoms with van der Waals surface area (Å²) in [4.78, 5) is 24.7. The third-order valence-electron chi connectivity index (χ3n) is 4.64. The number of ether oxygens (including phenoxy) is 2. The average molecular weight is 416 g/mol. The Morgan fingerprint density at radius 2 is 1.90 bits per heavy atom. The minimum absolute atomic E-state index is 0.0564. The second kappa shape index (κ2) is 9.46. The van der Waals surface area contributed by atoms with E-state index < -0.39 is 11.9 Å². The van der Waals surface area contributed by atoms with E-state index in [1.165, 1.54) is 31.6 Å². The molecule has 0 saturated carbocycles. The first-order valence-electron chi connectivity index (χ1n) is 9.36. The number of benzene rings is 2. The van der Waals surface area contributed by atoms with Gasteiger partial charge in [-0.2, -0.15) is 5.26 Å². The molecule has 3 aromatic rings.